The van der Waals surface area contributed by atoms with Gasteiger partial charge < -0.3 is 15.4 Å². The van der Waals surface area contributed by atoms with Gasteiger partial charge in [-0.15, -0.1) is 11.3 Å². The lowest BCUT2D eigenvalue weighted by Gasteiger charge is -2.21. The molecule has 1 atom stereocenters. The lowest BCUT2D eigenvalue weighted by atomic mass is 10.2. The van der Waals surface area contributed by atoms with E-state index in [4.69, 9.17) is 4.74 Å². The summed E-state index contributed by atoms with van der Waals surface area (Å²) in [4.78, 5) is 25.1. The number of amides is 2. The van der Waals surface area contributed by atoms with Crippen LogP contribution < -0.4 is 10.6 Å². The summed E-state index contributed by atoms with van der Waals surface area (Å²) in [6, 6.07) is 10.8. The van der Waals surface area contributed by atoms with Gasteiger partial charge >= 0.3 is 0 Å². The summed E-state index contributed by atoms with van der Waals surface area (Å²) in [5.74, 6) is 0.461. The molecule has 5 nitrogen and oxygen atoms in total. The average Bonchev–Trinajstić information content (AvgIpc) is 3.22. The molecule has 3 rings (SSSR count). The minimum Gasteiger partial charge on any atom is -0.381 e. The van der Waals surface area contributed by atoms with Crippen molar-refractivity contribution in [2.24, 2.45) is 0 Å². The van der Waals surface area contributed by atoms with Crippen molar-refractivity contribution in [2.75, 3.05) is 18.5 Å². The molecule has 2 aromatic rings. The first-order valence-electron chi connectivity index (χ1n) is 9.05. The summed E-state index contributed by atoms with van der Waals surface area (Å²) in [6.45, 7) is 3.39. The fourth-order valence-corrected chi connectivity index (χ4v) is 4.55. The zero-order chi connectivity index (χ0) is 19.1. The topological polar surface area (TPSA) is 67.4 Å². The van der Waals surface area contributed by atoms with E-state index in [9.17, 15) is 9.59 Å². The van der Waals surface area contributed by atoms with E-state index in [1.807, 2.05) is 41.4 Å². The van der Waals surface area contributed by atoms with Crippen molar-refractivity contribution < 1.29 is 14.3 Å². The number of hydrogen-bond acceptors (Lipinski definition) is 5. The molecule has 0 bridgehead atoms. The molecule has 2 N–H and O–H groups in total. The second-order valence-corrected chi connectivity index (χ2v) is 8.72. The number of thiophene rings is 1. The van der Waals surface area contributed by atoms with Crippen molar-refractivity contribution in [3.63, 3.8) is 0 Å². The van der Waals surface area contributed by atoms with Crippen LogP contribution in [0.1, 0.15) is 35.0 Å². The van der Waals surface area contributed by atoms with Crippen LogP contribution in [-0.2, 0) is 15.3 Å². The minimum absolute atomic E-state index is 0.228. The van der Waals surface area contributed by atoms with Gasteiger partial charge in [-0.1, -0.05) is 18.2 Å². The lowest BCUT2D eigenvalue weighted by molar-refractivity contribution is -0.117. The molecule has 1 aromatic heterocycles. The molecule has 1 fully saturated rings. The van der Waals surface area contributed by atoms with Gasteiger partial charge in [0.15, 0.2) is 0 Å². The van der Waals surface area contributed by atoms with Crippen molar-refractivity contribution in [1.29, 1.82) is 0 Å². The fourth-order valence-electron chi connectivity index (χ4n) is 2.79. The molecule has 1 aliphatic heterocycles. The number of nitrogens with one attached hydrogen (secondary N) is 2. The van der Waals surface area contributed by atoms with Gasteiger partial charge in [-0.25, -0.2) is 0 Å². The number of rotatable bonds is 7. The normalized spacial score (nSPS) is 15.9. The van der Waals surface area contributed by atoms with E-state index in [0.29, 0.717) is 10.1 Å². The van der Waals surface area contributed by atoms with Gasteiger partial charge in [-0.3, -0.25) is 9.59 Å². The number of carbonyl (C=O) groups is 2. The maximum atomic E-state index is 12.4. The Labute approximate surface area is 167 Å². The van der Waals surface area contributed by atoms with Crippen LogP contribution in [-0.4, -0.2) is 36.3 Å². The van der Waals surface area contributed by atoms with Crippen LogP contribution in [0, 0.1) is 0 Å². The Bertz CT molecular complexity index is 758. The zero-order valence-electron chi connectivity index (χ0n) is 15.3. The highest BCUT2D eigenvalue weighted by atomic mass is 32.2. The van der Waals surface area contributed by atoms with Gasteiger partial charge in [0.2, 0.25) is 5.91 Å². The van der Waals surface area contributed by atoms with Crippen molar-refractivity contribution in [1.82, 2.24) is 5.32 Å². The van der Waals surface area contributed by atoms with Crippen molar-refractivity contribution in [3.8, 4) is 0 Å². The van der Waals surface area contributed by atoms with Gasteiger partial charge in [-0.05, 0) is 48.9 Å². The van der Waals surface area contributed by atoms with Crippen LogP contribution in [0.25, 0.3) is 0 Å². The van der Waals surface area contributed by atoms with E-state index in [2.05, 4.69) is 16.7 Å². The standard InChI is InChI=1S/C20H24N2O3S2/c1-14(21-20(24)18-6-3-11-26-18)19(23)22-16-5-2-4-15(12-16)13-27-17-7-9-25-10-8-17/h2-6,11-12,14,17H,7-10,13H2,1H3,(H,21,24)(H,22,23). The van der Waals surface area contributed by atoms with E-state index in [0.717, 1.165) is 37.5 Å². The molecule has 2 heterocycles. The van der Waals surface area contributed by atoms with Crippen molar-refractivity contribution >= 4 is 40.6 Å². The third-order valence-electron chi connectivity index (χ3n) is 4.33. The van der Waals surface area contributed by atoms with Crippen molar-refractivity contribution in [2.45, 2.75) is 36.8 Å². The summed E-state index contributed by atoms with van der Waals surface area (Å²) in [7, 11) is 0. The van der Waals surface area contributed by atoms with E-state index in [-0.39, 0.29) is 11.8 Å². The fraction of sp³-hybridized carbons (Fsp3) is 0.400. The molecule has 0 saturated carbocycles. The number of hydrogen-bond donors (Lipinski definition) is 2. The van der Waals surface area contributed by atoms with Crippen LogP contribution in [0.4, 0.5) is 5.69 Å². The number of thioether (sulfide) groups is 1. The molecule has 0 aliphatic carbocycles. The summed E-state index contributed by atoms with van der Waals surface area (Å²) in [6.07, 6.45) is 2.20. The molecular weight excluding hydrogens is 380 g/mol. The van der Waals surface area contributed by atoms with E-state index < -0.39 is 6.04 Å². The number of benzene rings is 1. The van der Waals surface area contributed by atoms with Crippen LogP contribution in [0.2, 0.25) is 0 Å². The minimum atomic E-state index is -0.611. The Morgan fingerprint density at radius 1 is 1.26 bits per heavy atom. The Morgan fingerprint density at radius 3 is 2.81 bits per heavy atom. The molecule has 27 heavy (non-hydrogen) atoms. The highest BCUT2D eigenvalue weighted by Crippen LogP contribution is 2.26. The second kappa shape index (κ2) is 9.92. The first-order valence-corrected chi connectivity index (χ1v) is 11.0. The highest BCUT2D eigenvalue weighted by Gasteiger charge is 2.18. The molecule has 0 radical (unpaired) electrons. The quantitative estimate of drug-likeness (QED) is 0.734. The first-order chi connectivity index (χ1) is 13.1. The highest BCUT2D eigenvalue weighted by molar-refractivity contribution is 7.99. The molecule has 1 aliphatic rings. The summed E-state index contributed by atoms with van der Waals surface area (Å²) in [5.41, 5.74) is 1.93. The number of anilines is 1. The Balaban J connectivity index is 1.50. The van der Waals surface area contributed by atoms with Gasteiger partial charge in [0.25, 0.3) is 5.91 Å². The van der Waals surface area contributed by atoms with E-state index in [1.54, 1.807) is 13.0 Å². The third-order valence-corrected chi connectivity index (χ3v) is 6.65. The molecule has 1 unspecified atom stereocenters. The van der Waals surface area contributed by atoms with Gasteiger partial charge in [0.05, 0.1) is 4.88 Å². The van der Waals surface area contributed by atoms with Gasteiger partial charge in [0, 0.05) is 29.9 Å². The zero-order valence-corrected chi connectivity index (χ0v) is 16.9. The summed E-state index contributed by atoms with van der Waals surface area (Å²) in [5, 5.41) is 8.10. The summed E-state index contributed by atoms with van der Waals surface area (Å²) >= 11 is 3.30. The Hall–Kier alpha value is -1.83. The number of ether oxygens (including phenoxy) is 1. The third kappa shape index (κ3) is 6.09. The van der Waals surface area contributed by atoms with E-state index >= 15 is 0 Å². The predicted molar refractivity (Wildman–Crippen MR) is 111 cm³/mol. The van der Waals surface area contributed by atoms with Crippen LogP contribution in [0.5, 0.6) is 0 Å². The van der Waals surface area contributed by atoms with Crippen LogP contribution >= 0.6 is 23.1 Å². The van der Waals surface area contributed by atoms with Crippen molar-refractivity contribution in [3.05, 3.63) is 52.2 Å². The molecule has 0 spiro atoms. The van der Waals surface area contributed by atoms with Gasteiger partial charge in [0.1, 0.15) is 6.04 Å². The molecule has 1 saturated heterocycles. The smallest absolute Gasteiger partial charge is 0.261 e. The average molecular weight is 405 g/mol. The second-order valence-electron chi connectivity index (χ2n) is 6.48. The molecule has 1 aromatic carbocycles. The molecule has 144 valence electrons. The maximum absolute atomic E-state index is 12.4. The monoisotopic (exact) mass is 404 g/mol. The molecule has 2 amide bonds. The van der Waals surface area contributed by atoms with Crippen LogP contribution in [0.15, 0.2) is 41.8 Å². The summed E-state index contributed by atoms with van der Waals surface area (Å²) < 4.78 is 5.40. The van der Waals surface area contributed by atoms with E-state index in [1.165, 1.54) is 16.9 Å². The largest absolute Gasteiger partial charge is 0.381 e. The molecular formula is C20H24N2O3S2. The molecule has 7 heteroatoms. The number of carbonyl (C=O) groups excluding carboxylic acids is 2. The SMILES string of the molecule is CC(NC(=O)c1cccs1)C(=O)Nc1cccc(CSC2CCOCC2)c1. The van der Waals surface area contributed by atoms with Crippen LogP contribution in [0.3, 0.4) is 0 Å². The first kappa shape index (κ1) is 19.9. The lowest BCUT2D eigenvalue weighted by Crippen LogP contribution is -2.41. The Morgan fingerprint density at radius 2 is 2.07 bits per heavy atom. The predicted octanol–water partition coefficient (Wildman–Crippen LogP) is 3.92. The maximum Gasteiger partial charge on any atom is 0.261 e. The van der Waals surface area contributed by atoms with Gasteiger partial charge in [-0.2, -0.15) is 11.8 Å². The Kier molecular flexibility index (Phi) is 7.32.